The van der Waals surface area contributed by atoms with Crippen molar-refractivity contribution in [3.05, 3.63) is 58.6 Å². The molecule has 5 rings (SSSR count). The number of carbonyl (C=O) groups excluding carboxylic acids is 4. The number of carbonyl (C=O) groups is 4. The molecule has 0 aromatic heterocycles. The zero-order valence-corrected chi connectivity index (χ0v) is 21.6. The molecule has 3 aliphatic rings. The van der Waals surface area contributed by atoms with Crippen molar-refractivity contribution in [2.75, 3.05) is 23.5 Å². The highest BCUT2D eigenvalue weighted by Crippen LogP contribution is 2.41. The van der Waals surface area contributed by atoms with Crippen molar-refractivity contribution in [2.45, 2.75) is 33.1 Å². The molecule has 2 aromatic carbocycles. The van der Waals surface area contributed by atoms with E-state index in [4.69, 9.17) is 21.1 Å². The third-order valence-electron chi connectivity index (χ3n) is 7.34. The van der Waals surface area contributed by atoms with Crippen LogP contribution >= 0.6 is 11.6 Å². The van der Waals surface area contributed by atoms with Crippen molar-refractivity contribution in [1.82, 2.24) is 0 Å². The largest absolute Gasteiger partial charge is 0.495 e. The van der Waals surface area contributed by atoms with Crippen LogP contribution in [-0.4, -0.2) is 37.3 Å². The number of methoxy groups -OCH3 is 1. The Labute approximate surface area is 219 Å². The lowest BCUT2D eigenvalue weighted by Crippen LogP contribution is -2.31. The van der Waals surface area contributed by atoms with Gasteiger partial charge in [0.25, 0.3) is 0 Å². The molecule has 1 aliphatic carbocycles. The highest BCUT2D eigenvalue weighted by Gasteiger charge is 2.49. The fourth-order valence-corrected chi connectivity index (χ4v) is 5.56. The predicted octanol–water partition coefficient (Wildman–Crippen LogP) is 4.46. The van der Waals surface area contributed by atoms with Gasteiger partial charge in [-0.15, -0.1) is 0 Å². The van der Waals surface area contributed by atoms with Crippen LogP contribution in [0.1, 0.15) is 31.7 Å². The molecule has 0 spiro atoms. The lowest BCUT2D eigenvalue weighted by Gasteiger charge is -2.20. The van der Waals surface area contributed by atoms with Gasteiger partial charge < -0.3 is 14.4 Å². The van der Waals surface area contributed by atoms with E-state index in [-0.39, 0.29) is 48.3 Å². The first-order valence-electron chi connectivity index (χ1n) is 12.2. The second-order valence-electron chi connectivity index (χ2n) is 9.81. The van der Waals surface area contributed by atoms with E-state index in [9.17, 15) is 19.2 Å². The van der Waals surface area contributed by atoms with Gasteiger partial charge >= 0.3 is 5.97 Å². The maximum absolute atomic E-state index is 13.1. The number of anilines is 2. The Morgan fingerprint density at radius 2 is 1.73 bits per heavy atom. The number of amides is 3. The molecule has 2 heterocycles. The molecule has 0 radical (unpaired) electrons. The van der Waals surface area contributed by atoms with Crippen molar-refractivity contribution in [3.63, 3.8) is 0 Å². The monoisotopic (exact) mass is 522 g/mol. The summed E-state index contributed by atoms with van der Waals surface area (Å²) in [5.74, 6) is -1.69. The summed E-state index contributed by atoms with van der Waals surface area (Å²) in [6, 6.07) is 9.80. The van der Waals surface area contributed by atoms with Crippen LogP contribution in [-0.2, 0) is 19.2 Å². The Kier molecular flexibility index (Phi) is 6.54. The number of esters is 1. The molecule has 2 aliphatic heterocycles. The average Bonchev–Trinajstić information content (AvgIpc) is 3.36. The number of allylic oxidation sites excluding steroid dienone is 2. The number of aryl methyl sites for hydroxylation is 1. The molecule has 0 saturated carbocycles. The SMILES string of the molecule is COc1ccc(Cl)cc1N1C[C@H](C(=O)Oc2ccc(N3C(=O)[C@@H]4CC=C(C)C[C@H]4C3=O)c(C)c2)CC1=O. The molecule has 0 bridgehead atoms. The normalized spacial score (nSPS) is 23.3. The van der Waals surface area contributed by atoms with Crippen LogP contribution in [0.4, 0.5) is 11.4 Å². The van der Waals surface area contributed by atoms with E-state index >= 15 is 0 Å². The van der Waals surface area contributed by atoms with Crippen LogP contribution < -0.4 is 19.3 Å². The predicted molar refractivity (Wildman–Crippen MR) is 138 cm³/mol. The lowest BCUT2D eigenvalue weighted by molar-refractivity contribution is -0.139. The summed E-state index contributed by atoms with van der Waals surface area (Å²) < 4.78 is 10.9. The molecule has 2 saturated heterocycles. The van der Waals surface area contributed by atoms with E-state index in [1.54, 1.807) is 43.3 Å². The van der Waals surface area contributed by atoms with Crippen molar-refractivity contribution < 1.29 is 28.7 Å². The molecular weight excluding hydrogens is 496 g/mol. The van der Waals surface area contributed by atoms with E-state index in [0.717, 1.165) is 5.57 Å². The molecule has 37 heavy (non-hydrogen) atoms. The number of hydrogen-bond donors (Lipinski definition) is 0. The maximum Gasteiger partial charge on any atom is 0.316 e. The van der Waals surface area contributed by atoms with Crippen molar-refractivity contribution in [3.8, 4) is 11.5 Å². The van der Waals surface area contributed by atoms with Gasteiger partial charge in [0, 0.05) is 18.0 Å². The summed E-state index contributed by atoms with van der Waals surface area (Å²) in [5.41, 5.74) is 2.77. The third-order valence-corrected chi connectivity index (χ3v) is 7.58. The van der Waals surface area contributed by atoms with E-state index in [1.165, 1.54) is 16.9 Å². The highest BCUT2D eigenvalue weighted by atomic mass is 35.5. The fraction of sp³-hybridized carbons (Fsp3) is 0.357. The average molecular weight is 523 g/mol. The second kappa shape index (κ2) is 9.67. The van der Waals surface area contributed by atoms with Gasteiger partial charge in [-0.1, -0.05) is 23.3 Å². The van der Waals surface area contributed by atoms with Crippen LogP contribution in [0.2, 0.25) is 5.02 Å². The third kappa shape index (κ3) is 4.50. The van der Waals surface area contributed by atoms with E-state index in [0.29, 0.717) is 40.6 Å². The number of imide groups is 1. The van der Waals surface area contributed by atoms with E-state index in [2.05, 4.69) is 0 Å². The topological polar surface area (TPSA) is 93.2 Å². The summed E-state index contributed by atoms with van der Waals surface area (Å²) in [7, 11) is 1.50. The number of fused-ring (bicyclic) bond motifs is 1. The smallest absolute Gasteiger partial charge is 0.316 e. The number of rotatable bonds is 5. The molecule has 0 N–H and O–H groups in total. The molecule has 2 fully saturated rings. The first kappa shape index (κ1) is 25.0. The molecule has 3 atom stereocenters. The van der Waals surface area contributed by atoms with Gasteiger partial charge in [-0.05, 0) is 68.7 Å². The summed E-state index contributed by atoms with van der Waals surface area (Å²) in [6.45, 7) is 3.89. The van der Waals surface area contributed by atoms with Gasteiger partial charge in [-0.25, -0.2) is 4.90 Å². The summed E-state index contributed by atoms with van der Waals surface area (Å²) in [6.07, 6.45) is 3.20. The van der Waals surface area contributed by atoms with Gasteiger partial charge in [0.15, 0.2) is 0 Å². The first-order chi connectivity index (χ1) is 17.7. The Morgan fingerprint density at radius 1 is 0.973 bits per heavy atom. The zero-order valence-electron chi connectivity index (χ0n) is 20.8. The van der Waals surface area contributed by atoms with Crippen LogP contribution in [0.5, 0.6) is 11.5 Å². The quantitative estimate of drug-likeness (QED) is 0.249. The first-order valence-corrected chi connectivity index (χ1v) is 12.6. The molecule has 0 unspecified atom stereocenters. The molecule has 2 aromatic rings. The Morgan fingerprint density at radius 3 is 2.46 bits per heavy atom. The molecule has 8 nitrogen and oxygen atoms in total. The molecule has 9 heteroatoms. The van der Waals surface area contributed by atoms with E-state index in [1.807, 2.05) is 13.0 Å². The Bertz CT molecular complexity index is 1350. The summed E-state index contributed by atoms with van der Waals surface area (Å²) in [5, 5.41) is 0.450. The number of ether oxygens (including phenoxy) is 2. The van der Waals surface area contributed by atoms with Crippen molar-refractivity contribution in [2.24, 2.45) is 17.8 Å². The Hall–Kier alpha value is -3.65. The standard InChI is InChI=1S/C28H27ClN2O6/c1-15-4-7-20-21(10-15)27(34)31(26(20)33)22-8-6-19(11-16(22)2)37-28(35)17-12-25(32)30(14-17)23-13-18(29)5-9-24(23)36-3/h4-6,8-9,11,13,17,20-21H,7,10,12,14H2,1-3H3/t17-,20-,21-/m1/s1. The Balaban J connectivity index is 1.29. The van der Waals surface area contributed by atoms with Crippen LogP contribution in [0.25, 0.3) is 0 Å². The van der Waals surface area contributed by atoms with Crippen molar-refractivity contribution >= 4 is 46.7 Å². The minimum Gasteiger partial charge on any atom is -0.495 e. The van der Waals surface area contributed by atoms with Crippen molar-refractivity contribution in [1.29, 1.82) is 0 Å². The summed E-state index contributed by atoms with van der Waals surface area (Å²) >= 11 is 6.11. The minimum absolute atomic E-state index is 0.00141. The van der Waals surface area contributed by atoms with E-state index < -0.39 is 11.9 Å². The number of halogens is 1. The minimum atomic E-state index is -0.670. The second-order valence-corrected chi connectivity index (χ2v) is 10.2. The zero-order chi connectivity index (χ0) is 26.4. The van der Waals surface area contributed by atoms with Crippen LogP contribution in [0.15, 0.2) is 48.0 Å². The molecular formula is C28H27ClN2O6. The highest BCUT2D eigenvalue weighted by molar-refractivity contribution is 6.31. The number of benzene rings is 2. The van der Waals surface area contributed by atoms with Crippen LogP contribution in [0, 0.1) is 24.7 Å². The van der Waals surface area contributed by atoms with Gasteiger partial charge in [0.1, 0.15) is 11.5 Å². The molecule has 3 amide bonds. The molecule has 192 valence electrons. The lowest BCUT2D eigenvalue weighted by atomic mass is 9.82. The summed E-state index contributed by atoms with van der Waals surface area (Å²) in [4.78, 5) is 54.5. The van der Waals surface area contributed by atoms with Gasteiger partial charge in [-0.3, -0.25) is 19.2 Å². The van der Waals surface area contributed by atoms with Crippen LogP contribution in [0.3, 0.4) is 0 Å². The van der Waals surface area contributed by atoms with Gasteiger partial charge in [0.2, 0.25) is 17.7 Å². The van der Waals surface area contributed by atoms with Gasteiger partial charge in [0.05, 0.1) is 36.2 Å². The fourth-order valence-electron chi connectivity index (χ4n) is 5.39. The number of nitrogens with zero attached hydrogens (tertiary/aromatic N) is 2. The van der Waals surface area contributed by atoms with Gasteiger partial charge in [-0.2, -0.15) is 0 Å². The maximum atomic E-state index is 13.1. The number of hydrogen-bond acceptors (Lipinski definition) is 6.